The minimum absolute atomic E-state index is 0.342. The summed E-state index contributed by atoms with van der Waals surface area (Å²) in [5.74, 6) is 0. The predicted octanol–water partition coefficient (Wildman–Crippen LogP) is 6.06. The summed E-state index contributed by atoms with van der Waals surface area (Å²) in [6.45, 7) is 8.51. The quantitative estimate of drug-likeness (QED) is 0.570. The lowest BCUT2D eigenvalue weighted by Crippen LogP contribution is -2.46. The number of aliphatic hydroxyl groups is 1. The molecular formula is C28H30N2O. The van der Waals surface area contributed by atoms with Crippen LogP contribution in [0.2, 0.25) is 0 Å². The SMILES string of the molecule is C/C=C(\c1ccccc1C)[C@]1(O)CCC2=Cc3c(cnn3-c3ccc(C)cc3)C[C@@]21C. The van der Waals surface area contributed by atoms with Crippen LogP contribution in [0.1, 0.15) is 54.6 Å². The summed E-state index contributed by atoms with van der Waals surface area (Å²) in [6.07, 6.45) is 8.81. The van der Waals surface area contributed by atoms with Gasteiger partial charge in [-0.2, -0.15) is 5.10 Å². The first kappa shape index (κ1) is 20.0. The Hall–Kier alpha value is -2.91. The van der Waals surface area contributed by atoms with E-state index in [1.165, 1.54) is 22.3 Å². The third-order valence-corrected chi connectivity index (χ3v) is 7.57. The Labute approximate surface area is 184 Å². The molecule has 1 aromatic heterocycles. The van der Waals surface area contributed by atoms with E-state index in [0.29, 0.717) is 0 Å². The molecule has 0 amide bonds. The molecule has 31 heavy (non-hydrogen) atoms. The Kier molecular flexibility index (Phi) is 4.56. The second-order valence-electron chi connectivity index (χ2n) is 9.36. The molecule has 0 unspecified atom stereocenters. The zero-order valence-corrected chi connectivity index (χ0v) is 18.8. The van der Waals surface area contributed by atoms with Crippen molar-refractivity contribution in [1.82, 2.24) is 9.78 Å². The molecule has 3 heteroatoms. The van der Waals surface area contributed by atoms with Gasteiger partial charge in [-0.3, -0.25) is 0 Å². The number of fused-ring (bicyclic) bond motifs is 2. The van der Waals surface area contributed by atoms with Crippen molar-refractivity contribution in [3.05, 3.63) is 94.3 Å². The third-order valence-electron chi connectivity index (χ3n) is 7.57. The largest absolute Gasteiger partial charge is 0.384 e. The first-order valence-corrected chi connectivity index (χ1v) is 11.2. The smallest absolute Gasteiger partial charge is 0.0995 e. The van der Waals surface area contributed by atoms with E-state index in [-0.39, 0.29) is 5.41 Å². The van der Waals surface area contributed by atoms with Crippen LogP contribution in [0.4, 0.5) is 0 Å². The minimum atomic E-state index is -0.899. The van der Waals surface area contributed by atoms with Gasteiger partial charge in [-0.25, -0.2) is 4.68 Å². The first-order valence-electron chi connectivity index (χ1n) is 11.2. The molecule has 0 bridgehead atoms. The lowest BCUT2D eigenvalue weighted by Gasteiger charge is -2.44. The topological polar surface area (TPSA) is 38.1 Å². The van der Waals surface area contributed by atoms with Gasteiger partial charge in [0.05, 0.1) is 23.2 Å². The molecule has 1 N–H and O–H groups in total. The normalized spacial score (nSPS) is 25.2. The molecule has 0 aliphatic heterocycles. The van der Waals surface area contributed by atoms with E-state index in [0.717, 1.165) is 41.8 Å². The maximum absolute atomic E-state index is 12.2. The van der Waals surface area contributed by atoms with Gasteiger partial charge < -0.3 is 5.11 Å². The molecule has 3 aromatic rings. The molecule has 2 aliphatic carbocycles. The van der Waals surface area contributed by atoms with E-state index in [1.807, 2.05) is 10.9 Å². The highest BCUT2D eigenvalue weighted by Crippen LogP contribution is 2.59. The monoisotopic (exact) mass is 410 g/mol. The summed E-state index contributed by atoms with van der Waals surface area (Å²) >= 11 is 0. The summed E-state index contributed by atoms with van der Waals surface area (Å²) in [4.78, 5) is 0. The number of nitrogens with zero attached hydrogens (tertiary/aromatic N) is 2. The third kappa shape index (κ3) is 2.87. The highest BCUT2D eigenvalue weighted by atomic mass is 16.3. The zero-order chi connectivity index (χ0) is 21.8. The summed E-state index contributed by atoms with van der Waals surface area (Å²) in [5, 5.41) is 16.9. The van der Waals surface area contributed by atoms with E-state index in [9.17, 15) is 5.11 Å². The number of hydrogen-bond acceptors (Lipinski definition) is 2. The second-order valence-corrected chi connectivity index (χ2v) is 9.36. The molecule has 2 aliphatic rings. The van der Waals surface area contributed by atoms with Crippen molar-refractivity contribution < 1.29 is 5.11 Å². The number of benzene rings is 2. The van der Waals surface area contributed by atoms with Crippen molar-refractivity contribution in [3.63, 3.8) is 0 Å². The van der Waals surface area contributed by atoms with Crippen molar-refractivity contribution in [2.75, 3.05) is 0 Å². The number of aryl methyl sites for hydroxylation is 2. The van der Waals surface area contributed by atoms with Crippen LogP contribution in [0.5, 0.6) is 0 Å². The molecule has 0 radical (unpaired) electrons. The van der Waals surface area contributed by atoms with Crippen LogP contribution in [0.25, 0.3) is 17.3 Å². The molecule has 5 rings (SSSR count). The van der Waals surface area contributed by atoms with Crippen molar-refractivity contribution in [3.8, 4) is 5.69 Å². The minimum Gasteiger partial charge on any atom is -0.384 e. The van der Waals surface area contributed by atoms with E-state index in [4.69, 9.17) is 5.10 Å². The van der Waals surface area contributed by atoms with Gasteiger partial charge in [-0.15, -0.1) is 0 Å². The predicted molar refractivity (Wildman–Crippen MR) is 127 cm³/mol. The van der Waals surface area contributed by atoms with Crippen LogP contribution in [-0.2, 0) is 6.42 Å². The molecular weight excluding hydrogens is 380 g/mol. The number of hydrogen-bond donors (Lipinski definition) is 1. The van der Waals surface area contributed by atoms with E-state index in [2.05, 4.69) is 88.4 Å². The fraction of sp³-hybridized carbons (Fsp3) is 0.321. The summed E-state index contributed by atoms with van der Waals surface area (Å²) in [7, 11) is 0. The zero-order valence-electron chi connectivity index (χ0n) is 18.8. The van der Waals surface area contributed by atoms with Gasteiger partial charge in [0.2, 0.25) is 0 Å². The molecule has 3 nitrogen and oxygen atoms in total. The van der Waals surface area contributed by atoms with Crippen molar-refractivity contribution in [2.45, 2.75) is 52.6 Å². The van der Waals surface area contributed by atoms with Crippen LogP contribution >= 0.6 is 0 Å². The van der Waals surface area contributed by atoms with Gasteiger partial charge in [0.25, 0.3) is 0 Å². The number of rotatable bonds is 3. The van der Waals surface area contributed by atoms with Gasteiger partial charge >= 0.3 is 0 Å². The van der Waals surface area contributed by atoms with Gasteiger partial charge in [0.15, 0.2) is 0 Å². The van der Waals surface area contributed by atoms with Crippen LogP contribution in [0, 0.1) is 19.3 Å². The number of allylic oxidation sites excluding steroid dienone is 1. The average Bonchev–Trinajstić information content (AvgIpc) is 3.27. The van der Waals surface area contributed by atoms with E-state index < -0.39 is 5.60 Å². The maximum atomic E-state index is 12.2. The molecule has 2 aromatic carbocycles. The average molecular weight is 411 g/mol. The highest BCUT2D eigenvalue weighted by molar-refractivity contribution is 5.78. The Bertz CT molecular complexity index is 1210. The lowest BCUT2D eigenvalue weighted by atomic mass is 9.63. The van der Waals surface area contributed by atoms with Crippen molar-refractivity contribution in [2.24, 2.45) is 5.41 Å². The van der Waals surface area contributed by atoms with Crippen molar-refractivity contribution in [1.29, 1.82) is 0 Å². The Morgan fingerprint density at radius 3 is 2.55 bits per heavy atom. The number of aromatic nitrogens is 2. The highest BCUT2D eigenvalue weighted by Gasteiger charge is 2.57. The van der Waals surface area contributed by atoms with E-state index >= 15 is 0 Å². The van der Waals surface area contributed by atoms with Gasteiger partial charge in [-0.1, -0.05) is 60.5 Å². The fourth-order valence-electron chi connectivity index (χ4n) is 5.67. The Morgan fingerprint density at radius 1 is 1.10 bits per heavy atom. The summed E-state index contributed by atoms with van der Waals surface area (Å²) in [6, 6.07) is 16.9. The molecule has 2 atom stereocenters. The molecule has 0 saturated heterocycles. The summed E-state index contributed by atoms with van der Waals surface area (Å²) in [5.41, 5.74) is 8.15. The van der Waals surface area contributed by atoms with E-state index in [1.54, 1.807) is 0 Å². The van der Waals surface area contributed by atoms with Crippen LogP contribution in [0.15, 0.2) is 66.4 Å². The molecule has 1 fully saturated rings. The molecule has 1 heterocycles. The Balaban J connectivity index is 1.59. The van der Waals surface area contributed by atoms with Gasteiger partial charge in [0, 0.05) is 5.41 Å². The first-order chi connectivity index (χ1) is 14.9. The lowest BCUT2D eigenvalue weighted by molar-refractivity contribution is 0.0157. The van der Waals surface area contributed by atoms with Crippen LogP contribution < -0.4 is 0 Å². The summed E-state index contributed by atoms with van der Waals surface area (Å²) < 4.78 is 2.04. The molecule has 1 saturated carbocycles. The van der Waals surface area contributed by atoms with Gasteiger partial charge in [0.1, 0.15) is 0 Å². The fourth-order valence-corrected chi connectivity index (χ4v) is 5.67. The standard InChI is InChI=1S/C28H30N2O/c1-5-25(24-9-7-6-8-20(24)3)28(31)15-14-22-16-26-21(17-27(22,28)4)18-29-30(26)23-12-10-19(2)11-13-23/h5-13,16,18,31H,14-15,17H2,1-4H3/b25-5+/t27-,28+/m0/s1. The second kappa shape index (κ2) is 7.06. The van der Waals surface area contributed by atoms with Crippen molar-refractivity contribution >= 4 is 11.6 Å². The van der Waals surface area contributed by atoms with Gasteiger partial charge in [-0.05, 0) is 80.5 Å². The molecule has 0 spiro atoms. The van der Waals surface area contributed by atoms with Crippen LogP contribution in [0.3, 0.4) is 0 Å². The maximum Gasteiger partial charge on any atom is 0.0995 e. The molecule has 158 valence electrons. The Morgan fingerprint density at radius 2 is 1.84 bits per heavy atom. The van der Waals surface area contributed by atoms with Crippen LogP contribution in [-0.4, -0.2) is 20.5 Å².